The maximum atomic E-state index is 5.72. The lowest BCUT2D eigenvalue weighted by Gasteiger charge is -2.15. The van der Waals surface area contributed by atoms with Crippen LogP contribution in [0.15, 0.2) is 41.1 Å². The fourth-order valence-electron chi connectivity index (χ4n) is 1.84. The molecule has 108 valence electrons. The third-order valence-corrected chi connectivity index (χ3v) is 3.40. The molecule has 20 heavy (non-hydrogen) atoms. The summed E-state index contributed by atoms with van der Waals surface area (Å²) in [6, 6.07) is 7.99. The molecule has 0 radical (unpaired) electrons. The van der Waals surface area contributed by atoms with Crippen LogP contribution in [0.3, 0.4) is 0 Å². The van der Waals surface area contributed by atoms with Crippen molar-refractivity contribution in [3.05, 3.63) is 46.7 Å². The van der Waals surface area contributed by atoms with Crippen molar-refractivity contribution in [1.82, 2.24) is 4.68 Å². The third kappa shape index (κ3) is 3.70. The number of rotatable bonds is 7. The molecule has 0 unspecified atom stereocenters. The van der Waals surface area contributed by atoms with Crippen molar-refractivity contribution in [3.8, 4) is 11.5 Å². The second kappa shape index (κ2) is 7.24. The summed E-state index contributed by atoms with van der Waals surface area (Å²) in [5, 5.41) is 0. The van der Waals surface area contributed by atoms with E-state index in [0.29, 0.717) is 13.2 Å². The molecule has 0 fully saturated rings. The van der Waals surface area contributed by atoms with Gasteiger partial charge < -0.3 is 14.9 Å². The van der Waals surface area contributed by atoms with E-state index in [-0.39, 0.29) is 0 Å². The first-order valence-electron chi connectivity index (χ1n) is 6.60. The Morgan fingerprint density at radius 1 is 1.25 bits per heavy atom. The number of hydrogen-bond donors (Lipinski definition) is 1. The maximum Gasteiger partial charge on any atom is 0.175 e. The highest BCUT2D eigenvalue weighted by Crippen LogP contribution is 2.36. The number of hydrogen-bond acceptors (Lipinski definition) is 3. The lowest BCUT2D eigenvalue weighted by atomic mass is 10.2. The summed E-state index contributed by atoms with van der Waals surface area (Å²) in [7, 11) is 1.66. The summed E-state index contributed by atoms with van der Waals surface area (Å²) in [6.45, 7) is 3.46. The van der Waals surface area contributed by atoms with E-state index in [0.717, 1.165) is 28.0 Å². The molecule has 2 rings (SSSR count). The summed E-state index contributed by atoms with van der Waals surface area (Å²) in [5.74, 6) is 1.51. The van der Waals surface area contributed by atoms with Gasteiger partial charge in [-0.2, -0.15) is 0 Å². The number of halogens is 1. The lowest BCUT2D eigenvalue weighted by molar-refractivity contribution is 0.292. The van der Waals surface area contributed by atoms with Crippen molar-refractivity contribution in [1.29, 1.82) is 0 Å². The van der Waals surface area contributed by atoms with Crippen LogP contribution in [0.5, 0.6) is 11.5 Å². The Morgan fingerprint density at radius 3 is 2.65 bits per heavy atom. The summed E-state index contributed by atoms with van der Waals surface area (Å²) in [4.78, 5) is 0. The number of nitrogens with zero attached hydrogens (tertiary/aromatic N) is 1. The number of methoxy groups -OCH3 is 1. The van der Waals surface area contributed by atoms with Crippen molar-refractivity contribution in [2.75, 3.05) is 19.1 Å². The first-order valence-corrected chi connectivity index (χ1v) is 7.40. The average Bonchev–Trinajstić information content (AvgIpc) is 2.96. The lowest BCUT2D eigenvalue weighted by Crippen LogP contribution is -2.12. The van der Waals surface area contributed by atoms with Crippen molar-refractivity contribution in [2.24, 2.45) is 0 Å². The zero-order chi connectivity index (χ0) is 14.4. The Balaban J connectivity index is 2.12. The molecule has 1 N–H and O–H groups in total. The van der Waals surface area contributed by atoms with Gasteiger partial charge in [0.1, 0.15) is 0 Å². The van der Waals surface area contributed by atoms with Crippen LogP contribution in [0.4, 0.5) is 0 Å². The largest absolute Gasteiger partial charge is 0.493 e. The fourth-order valence-corrected chi connectivity index (χ4v) is 2.45. The van der Waals surface area contributed by atoms with Gasteiger partial charge in [0.05, 0.1) is 24.7 Å². The molecule has 0 aliphatic carbocycles. The zero-order valence-electron chi connectivity index (χ0n) is 11.7. The molecule has 1 aromatic heterocycles. The van der Waals surface area contributed by atoms with Crippen LogP contribution in [-0.4, -0.2) is 18.4 Å². The van der Waals surface area contributed by atoms with Gasteiger partial charge in [0, 0.05) is 12.4 Å². The van der Waals surface area contributed by atoms with Gasteiger partial charge in [-0.1, -0.05) is 6.92 Å². The monoisotopic (exact) mass is 338 g/mol. The topological polar surface area (TPSA) is 35.4 Å². The molecule has 0 aliphatic rings. The van der Waals surface area contributed by atoms with Gasteiger partial charge >= 0.3 is 0 Å². The van der Waals surface area contributed by atoms with Gasteiger partial charge in [-0.3, -0.25) is 4.68 Å². The standard InChI is InChI=1S/C15H19BrN2O2/c1-3-8-20-15-13(16)9-12(10-14(15)19-2)11-17-18-6-4-5-7-18/h4-7,9-10,17H,3,8,11H2,1-2H3. The Morgan fingerprint density at radius 2 is 2.00 bits per heavy atom. The Labute approximate surface area is 127 Å². The number of nitrogens with one attached hydrogen (secondary N) is 1. The molecular weight excluding hydrogens is 320 g/mol. The molecule has 1 aromatic carbocycles. The molecule has 0 spiro atoms. The molecule has 0 aliphatic heterocycles. The number of benzene rings is 1. The summed E-state index contributed by atoms with van der Waals surface area (Å²) < 4.78 is 14.0. The SMILES string of the molecule is CCCOc1c(Br)cc(CNn2cccc2)cc1OC. The van der Waals surface area contributed by atoms with E-state index >= 15 is 0 Å². The Hall–Kier alpha value is -1.62. The molecule has 5 heteroatoms. The van der Waals surface area contributed by atoms with E-state index in [1.807, 2.05) is 41.3 Å². The quantitative estimate of drug-likeness (QED) is 0.834. The molecule has 0 atom stereocenters. The van der Waals surface area contributed by atoms with Crippen LogP contribution in [0.2, 0.25) is 0 Å². The second-order valence-electron chi connectivity index (χ2n) is 4.38. The van der Waals surface area contributed by atoms with E-state index in [1.165, 1.54) is 0 Å². The molecule has 0 saturated heterocycles. The van der Waals surface area contributed by atoms with Gasteiger partial charge in [-0.25, -0.2) is 0 Å². The number of aromatic nitrogens is 1. The van der Waals surface area contributed by atoms with Crippen LogP contribution in [-0.2, 0) is 6.54 Å². The minimum Gasteiger partial charge on any atom is -0.493 e. The van der Waals surface area contributed by atoms with Gasteiger partial charge in [0.25, 0.3) is 0 Å². The maximum absolute atomic E-state index is 5.72. The first kappa shape index (κ1) is 14.8. The van der Waals surface area contributed by atoms with Crippen molar-refractivity contribution < 1.29 is 9.47 Å². The average molecular weight is 339 g/mol. The predicted octanol–water partition coefficient (Wildman–Crippen LogP) is 3.79. The summed E-state index contributed by atoms with van der Waals surface area (Å²) in [6.07, 6.45) is 4.89. The zero-order valence-corrected chi connectivity index (χ0v) is 13.3. The highest BCUT2D eigenvalue weighted by molar-refractivity contribution is 9.10. The van der Waals surface area contributed by atoms with Crippen LogP contribution < -0.4 is 14.9 Å². The van der Waals surface area contributed by atoms with Gasteiger partial charge in [-0.15, -0.1) is 0 Å². The highest BCUT2D eigenvalue weighted by atomic mass is 79.9. The van der Waals surface area contributed by atoms with E-state index in [2.05, 4.69) is 28.3 Å². The fraction of sp³-hybridized carbons (Fsp3) is 0.333. The predicted molar refractivity (Wildman–Crippen MR) is 84.0 cm³/mol. The minimum atomic E-state index is 0.677. The first-order chi connectivity index (χ1) is 9.74. The number of ether oxygens (including phenoxy) is 2. The van der Waals surface area contributed by atoms with E-state index < -0.39 is 0 Å². The molecule has 2 aromatic rings. The third-order valence-electron chi connectivity index (χ3n) is 2.81. The Bertz CT molecular complexity index is 541. The van der Waals surface area contributed by atoms with Crippen LogP contribution in [0.1, 0.15) is 18.9 Å². The van der Waals surface area contributed by atoms with E-state index in [9.17, 15) is 0 Å². The minimum absolute atomic E-state index is 0.677. The highest BCUT2D eigenvalue weighted by Gasteiger charge is 2.11. The summed E-state index contributed by atoms with van der Waals surface area (Å²) >= 11 is 3.55. The normalized spacial score (nSPS) is 10.3. The second-order valence-corrected chi connectivity index (χ2v) is 5.24. The molecule has 0 amide bonds. The van der Waals surface area contributed by atoms with Crippen molar-refractivity contribution in [2.45, 2.75) is 19.9 Å². The van der Waals surface area contributed by atoms with Gasteiger partial charge in [0.2, 0.25) is 0 Å². The van der Waals surface area contributed by atoms with Crippen LogP contribution in [0, 0.1) is 0 Å². The van der Waals surface area contributed by atoms with E-state index in [4.69, 9.17) is 9.47 Å². The molecule has 0 bridgehead atoms. The van der Waals surface area contributed by atoms with Crippen molar-refractivity contribution >= 4 is 15.9 Å². The molecule has 0 saturated carbocycles. The summed E-state index contributed by atoms with van der Waals surface area (Å²) in [5.41, 5.74) is 4.40. The van der Waals surface area contributed by atoms with E-state index in [1.54, 1.807) is 7.11 Å². The van der Waals surface area contributed by atoms with Gasteiger partial charge in [0.15, 0.2) is 11.5 Å². The Kier molecular flexibility index (Phi) is 5.35. The van der Waals surface area contributed by atoms with Crippen molar-refractivity contribution in [3.63, 3.8) is 0 Å². The van der Waals surface area contributed by atoms with Crippen LogP contribution in [0.25, 0.3) is 0 Å². The molecule has 4 nitrogen and oxygen atoms in total. The molecular formula is C15H19BrN2O2. The smallest absolute Gasteiger partial charge is 0.175 e. The van der Waals surface area contributed by atoms with Gasteiger partial charge in [-0.05, 0) is 52.2 Å². The van der Waals surface area contributed by atoms with Crippen LogP contribution >= 0.6 is 15.9 Å². The molecule has 1 heterocycles.